The highest BCUT2D eigenvalue weighted by Crippen LogP contribution is 2.42. The molecule has 2 saturated heterocycles. The second-order valence-electron chi connectivity index (χ2n) is 12.8. The van der Waals surface area contributed by atoms with E-state index in [2.05, 4.69) is 71.6 Å². The number of carbonyl (C=O) groups is 1. The maximum atomic E-state index is 12.0. The van der Waals surface area contributed by atoms with Crippen LogP contribution in [0.4, 0.5) is 0 Å². The van der Waals surface area contributed by atoms with Gasteiger partial charge in [0.1, 0.15) is 31.3 Å². The van der Waals surface area contributed by atoms with Crippen molar-refractivity contribution in [1.29, 1.82) is 0 Å². The van der Waals surface area contributed by atoms with E-state index in [-0.39, 0.29) is 5.91 Å². The summed E-state index contributed by atoms with van der Waals surface area (Å²) < 4.78 is 25.4. The third kappa shape index (κ3) is 8.20. The Morgan fingerprint density at radius 2 is 1.51 bits per heavy atom. The number of likely N-dealkylation sites (tertiary alicyclic amines) is 2. The van der Waals surface area contributed by atoms with Gasteiger partial charge in [0.2, 0.25) is 5.91 Å². The second-order valence-corrected chi connectivity index (χ2v) is 13.8. The van der Waals surface area contributed by atoms with E-state index >= 15 is 0 Å². The number of methoxy groups -OCH3 is 1. The number of hydrogen-bond donors (Lipinski definition) is 0. The van der Waals surface area contributed by atoms with Crippen molar-refractivity contribution in [2.75, 3.05) is 53.0 Å². The number of fused-ring (bicyclic) bond motifs is 1. The quantitative estimate of drug-likeness (QED) is 0.111. The number of benzene rings is 4. The van der Waals surface area contributed by atoms with Gasteiger partial charge in [-0.1, -0.05) is 36.4 Å². The van der Waals surface area contributed by atoms with Gasteiger partial charge >= 0.3 is 0 Å². The Morgan fingerprint density at radius 3 is 2.29 bits per heavy atom. The molecule has 3 heterocycles. The number of amides is 1. The van der Waals surface area contributed by atoms with Crippen molar-refractivity contribution in [2.45, 2.75) is 38.7 Å². The fraction of sp³-hybridized carbons (Fsp3) is 0.341. The number of thiophene rings is 1. The third-order valence-corrected chi connectivity index (χ3v) is 10.6. The van der Waals surface area contributed by atoms with E-state index in [0.717, 1.165) is 48.6 Å². The van der Waals surface area contributed by atoms with Crippen LogP contribution in [0.3, 0.4) is 0 Å². The lowest BCUT2D eigenvalue weighted by Gasteiger charge is -2.17. The number of rotatable bonds is 15. The molecule has 0 atom stereocenters. The lowest BCUT2D eigenvalue weighted by molar-refractivity contribution is -0.128. The summed E-state index contributed by atoms with van der Waals surface area (Å²) in [6, 6.07) is 31.4. The van der Waals surface area contributed by atoms with E-state index in [1.54, 1.807) is 18.4 Å². The van der Waals surface area contributed by atoms with Gasteiger partial charge in [0, 0.05) is 29.1 Å². The summed E-state index contributed by atoms with van der Waals surface area (Å²) in [4.78, 5) is 17.6. The first kappa shape index (κ1) is 33.0. The number of hydrogen-bond acceptors (Lipinski definition) is 7. The van der Waals surface area contributed by atoms with Crippen molar-refractivity contribution >= 4 is 27.3 Å². The Balaban J connectivity index is 1.12. The molecule has 0 saturated carbocycles. The zero-order valence-electron chi connectivity index (χ0n) is 28.2. The average Bonchev–Trinajstić information content (AvgIpc) is 3.89. The maximum absolute atomic E-state index is 12.0. The first-order chi connectivity index (χ1) is 24.1. The molecule has 49 heavy (non-hydrogen) atoms. The largest absolute Gasteiger partial charge is 0.493 e. The minimum Gasteiger partial charge on any atom is -0.493 e. The van der Waals surface area contributed by atoms with Gasteiger partial charge in [-0.3, -0.25) is 9.69 Å². The van der Waals surface area contributed by atoms with Gasteiger partial charge in [-0.05, 0) is 121 Å². The van der Waals surface area contributed by atoms with Gasteiger partial charge in [-0.25, -0.2) is 0 Å². The summed E-state index contributed by atoms with van der Waals surface area (Å²) in [6.07, 6.45) is 4.87. The molecule has 0 N–H and O–H groups in total. The third-order valence-electron chi connectivity index (χ3n) is 9.40. The zero-order valence-corrected chi connectivity index (χ0v) is 29.0. The van der Waals surface area contributed by atoms with Crippen LogP contribution in [0, 0.1) is 0 Å². The van der Waals surface area contributed by atoms with Gasteiger partial charge in [-0.15, -0.1) is 11.3 Å². The highest BCUT2D eigenvalue weighted by molar-refractivity contribution is 7.22. The Hall–Kier alpha value is -4.53. The zero-order chi connectivity index (χ0) is 33.4. The van der Waals surface area contributed by atoms with E-state index in [1.807, 2.05) is 29.2 Å². The van der Waals surface area contributed by atoms with Crippen molar-refractivity contribution in [3.8, 4) is 33.4 Å². The van der Waals surface area contributed by atoms with Crippen molar-refractivity contribution in [3.05, 3.63) is 108 Å². The van der Waals surface area contributed by atoms with Crippen LogP contribution in [0.15, 0.2) is 91.0 Å². The lowest BCUT2D eigenvalue weighted by Crippen LogP contribution is -2.29. The highest BCUT2D eigenvalue weighted by Gasteiger charge is 2.20. The molecule has 7 nitrogen and oxygen atoms in total. The molecule has 0 unspecified atom stereocenters. The van der Waals surface area contributed by atoms with Gasteiger partial charge in [0.25, 0.3) is 0 Å². The van der Waals surface area contributed by atoms with Crippen LogP contribution in [-0.2, 0) is 17.8 Å². The summed E-state index contributed by atoms with van der Waals surface area (Å²) in [5.74, 6) is 3.35. The van der Waals surface area contributed by atoms with Gasteiger partial charge in [-0.2, -0.15) is 0 Å². The molecule has 5 aromatic rings. The van der Waals surface area contributed by atoms with Gasteiger partial charge in [0.05, 0.1) is 13.7 Å². The molecular weight excluding hydrogens is 633 g/mol. The van der Waals surface area contributed by atoms with Crippen LogP contribution in [0.25, 0.3) is 20.5 Å². The minimum atomic E-state index is 0.208. The van der Waals surface area contributed by atoms with Gasteiger partial charge < -0.3 is 23.8 Å². The molecule has 0 spiro atoms. The summed E-state index contributed by atoms with van der Waals surface area (Å²) >= 11 is 1.79. The van der Waals surface area contributed by atoms with Crippen molar-refractivity contribution in [3.63, 3.8) is 0 Å². The number of nitrogens with zero attached hydrogens (tertiary/aromatic N) is 2. The molecule has 0 radical (unpaired) electrons. The molecule has 7 rings (SSSR count). The Labute approximate surface area is 293 Å². The van der Waals surface area contributed by atoms with E-state index in [0.29, 0.717) is 44.3 Å². The van der Waals surface area contributed by atoms with E-state index < -0.39 is 0 Å². The smallest absolute Gasteiger partial charge is 0.222 e. The molecule has 0 bridgehead atoms. The molecule has 1 aromatic heterocycles. The topological polar surface area (TPSA) is 60.5 Å². The predicted octanol–water partition coefficient (Wildman–Crippen LogP) is 8.22. The predicted molar refractivity (Wildman–Crippen MR) is 196 cm³/mol. The molecule has 8 heteroatoms. The number of carbonyl (C=O) groups excluding carboxylic acids is 1. The van der Waals surface area contributed by atoms with Crippen molar-refractivity contribution < 1.29 is 23.7 Å². The maximum Gasteiger partial charge on any atom is 0.222 e. The van der Waals surface area contributed by atoms with Crippen LogP contribution in [0.2, 0.25) is 0 Å². The first-order valence-corrected chi connectivity index (χ1v) is 18.2. The van der Waals surface area contributed by atoms with E-state index in [1.165, 1.54) is 52.0 Å². The first-order valence-electron chi connectivity index (χ1n) is 17.4. The average molecular weight is 677 g/mol. The van der Waals surface area contributed by atoms with Crippen LogP contribution >= 0.6 is 11.3 Å². The molecule has 1 amide bonds. The molecule has 2 aliphatic heterocycles. The molecule has 4 aromatic carbocycles. The molecule has 2 fully saturated rings. The van der Waals surface area contributed by atoms with Crippen LogP contribution in [0.5, 0.6) is 23.0 Å². The SMILES string of the molecule is COc1cc(Cc2c(-c3ccc(OCCN4CCCC4)cc3)sc3cc(OCc4ccccc4)ccc23)ccc1OCCN1CCCC1=O. The molecule has 2 aliphatic rings. The van der Waals surface area contributed by atoms with Crippen molar-refractivity contribution in [1.82, 2.24) is 9.80 Å². The molecular formula is C41H44N2O5S. The lowest BCUT2D eigenvalue weighted by atomic mass is 9.98. The minimum absolute atomic E-state index is 0.208. The highest BCUT2D eigenvalue weighted by atomic mass is 32.1. The summed E-state index contributed by atoms with van der Waals surface area (Å²) in [5, 5.41) is 1.22. The number of ether oxygens (including phenoxy) is 4. The Bertz CT molecular complexity index is 1850. The van der Waals surface area contributed by atoms with Crippen molar-refractivity contribution in [2.24, 2.45) is 0 Å². The van der Waals surface area contributed by atoms with E-state index in [4.69, 9.17) is 18.9 Å². The summed E-state index contributed by atoms with van der Waals surface area (Å²) in [7, 11) is 1.67. The molecule has 0 aliphatic carbocycles. The molecule has 254 valence electrons. The standard InChI is InChI=1S/C41H44N2O5S/c1-45-38-27-31(11-18-37(38)47-25-23-43-21-7-10-40(43)44)26-36-35-17-16-34(48-29-30-8-3-2-4-9-30)28-39(35)49-41(36)32-12-14-33(15-13-32)46-24-22-42-19-5-6-20-42/h2-4,8-9,11-18,27-28H,5-7,10,19-26,29H2,1H3. The fourth-order valence-corrected chi connectivity index (χ4v) is 7.98. The van der Waals surface area contributed by atoms with E-state index in [9.17, 15) is 4.79 Å². The van der Waals surface area contributed by atoms with Crippen LogP contribution in [-0.4, -0.2) is 68.8 Å². The Morgan fingerprint density at radius 1 is 0.714 bits per heavy atom. The van der Waals surface area contributed by atoms with Crippen LogP contribution < -0.4 is 18.9 Å². The fourth-order valence-electron chi connectivity index (χ4n) is 6.72. The second kappa shape index (κ2) is 15.8. The van der Waals surface area contributed by atoms with Crippen LogP contribution in [0.1, 0.15) is 42.4 Å². The Kier molecular flexibility index (Phi) is 10.6. The monoisotopic (exact) mass is 676 g/mol. The normalized spacial score (nSPS) is 14.9. The summed E-state index contributed by atoms with van der Waals surface area (Å²) in [5.41, 5.74) is 4.70. The van der Waals surface area contributed by atoms with Gasteiger partial charge in [0.15, 0.2) is 11.5 Å². The summed E-state index contributed by atoms with van der Waals surface area (Å²) in [6.45, 7) is 6.40.